The zero-order valence-corrected chi connectivity index (χ0v) is 6.36. The smallest absolute Gasteiger partial charge is 0.344 e. The fourth-order valence-electron chi connectivity index (χ4n) is 0. The first-order valence-corrected chi connectivity index (χ1v) is 0. The maximum absolute atomic E-state index is 0. The van der Waals surface area contributed by atoms with E-state index in [0.29, 0.717) is 0 Å². The van der Waals surface area contributed by atoms with Crippen molar-refractivity contribution >= 4 is 0 Å². The highest BCUT2D eigenvalue weighted by Gasteiger charge is -0.336. The van der Waals surface area contributed by atoms with Gasteiger partial charge in [-0.25, -0.2) is 0 Å². The summed E-state index contributed by atoms with van der Waals surface area (Å²) in [5, 5.41) is 0. The van der Waals surface area contributed by atoms with Crippen LogP contribution in [-0.4, -0.2) is 0 Å². The van der Waals surface area contributed by atoms with E-state index in [9.17, 15) is 0 Å². The maximum atomic E-state index is 0. The van der Waals surface area contributed by atoms with E-state index in [1.54, 1.807) is 0 Å². The molecule has 27 N–H and O–H groups in total. The van der Waals surface area contributed by atoms with Crippen molar-refractivity contribution in [3.63, 3.8) is 0 Å². The first-order valence-electron chi connectivity index (χ1n) is 0. The summed E-state index contributed by atoms with van der Waals surface area (Å²) < 4.78 is 0. The molecular weight excluding hydrogens is 126 g/mol. The van der Waals surface area contributed by atoms with Gasteiger partial charge in [0.15, 0.2) is 0 Å². The molecule has 0 aromatic heterocycles. The second-order valence-corrected chi connectivity index (χ2v) is 0. The molecule has 0 saturated heterocycles. The lowest BCUT2D eigenvalue weighted by molar-refractivity contribution is 2.13. The molecule has 0 aromatic rings. The number of rotatable bonds is 0. The normalized spacial score (nSPS) is 0. The predicted octanol–water partition coefficient (Wildman–Crippen LogP) is 1.46. The minimum atomic E-state index is 0. The highest BCUT2D eigenvalue weighted by atomic mass is 14.0. The van der Waals surface area contributed by atoms with Gasteiger partial charge in [0.1, 0.15) is 0 Å². The van der Waals surface area contributed by atoms with E-state index in [-0.39, 0.29) is 55.4 Å². The number of hydrogen-bond donors (Lipinski definition) is 9. The van der Waals surface area contributed by atoms with Gasteiger partial charge in [0, 0.05) is 0 Å². The molecule has 0 aromatic carbocycles. The average Bonchev–Trinajstić information content (AvgIpc) is 0. The molecule has 0 aliphatic carbocycles. The number of hydrogen-bond acceptors (Lipinski definition) is 9. The Morgan fingerprint density at radius 1 is 0.111 bits per heavy atom. The second kappa shape index (κ2) is 2600. The summed E-state index contributed by atoms with van der Waals surface area (Å²) in [6, 6.07) is 0. The van der Waals surface area contributed by atoms with Crippen LogP contribution in [0.4, 0.5) is 0 Å². The van der Waals surface area contributed by atoms with Crippen LogP contribution in [0.2, 0.25) is 0 Å². The van der Waals surface area contributed by atoms with Gasteiger partial charge < -0.3 is 55.4 Å². The van der Waals surface area contributed by atoms with Crippen molar-refractivity contribution in [1.82, 2.24) is 55.4 Å². The van der Waals surface area contributed by atoms with Gasteiger partial charge in [0.05, 0.1) is 0 Å². The minimum Gasteiger partial charge on any atom is -0.344 e. The Labute approximate surface area is 56.6 Å². The molecule has 0 bridgehead atoms. The van der Waals surface area contributed by atoms with Gasteiger partial charge in [-0.05, 0) is 0 Å². The molecule has 72 valence electrons. The monoisotopic (exact) mass is 153 g/mol. The zero-order chi connectivity index (χ0) is 0. The second-order valence-electron chi connectivity index (χ2n) is 0. The zero-order valence-electron chi connectivity index (χ0n) is 6.36. The fourth-order valence-corrected chi connectivity index (χ4v) is 0. The van der Waals surface area contributed by atoms with Gasteiger partial charge in [-0.2, -0.15) is 0 Å². The third-order valence-electron chi connectivity index (χ3n) is 0. The van der Waals surface area contributed by atoms with Crippen molar-refractivity contribution in [2.24, 2.45) is 0 Å². The Balaban J connectivity index is 0. The van der Waals surface area contributed by atoms with Gasteiger partial charge in [-0.15, -0.1) is 0 Å². The average molecular weight is 153 g/mol. The quantitative estimate of drug-likeness (QED) is 0.242. The molecule has 0 fully saturated rings. The van der Waals surface area contributed by atoms with Crippen LogP contribution in [-0.2, 0) is 0 Å². The maximum Gasteiger partial charge on any atom is -0.344 e. The van der Waals surface area contributed by atoms with Gasteiger partial charge in [0.25, 0.3) is 0 Å². The van der Waals surface area contributed by atoms with Gasteiger partial charge in [-0.3, -0.25) is 0 Å². The highest BCUT2D eigenvalue weighted by Crippen LogP contribution is -0.473. The fraction of sp³-hybridized carbons (Fsp3) is 0. The lowest BCUT2D eigenvalue weighted by atomic mass is 14.0. The summed E-state index contributed by atoms with van der Waals surface area (Å²) in [7, 11) is 0. The third-order valence-corrected chi connectivity index (χ3v) is 0. The van der Waals surface area contributed by atoms with Crippen LogP contribution in [0, 0.1) is 0 Å². The molecule has 0 unspecified atom stereocenters. The van der Waals surface area contributed by atoms with Gasteiger partial charge in [0.2, 0.25) is 0 Å². The van der Waals surface area contributed by atoms with Crippen molar-refractivity contribution in [2.75, 3.05) is 0 Å². The summed E-state index contributed by atoms with van der Waals surface area (Å²) >= 11 is 0. The van der Waals surface area contributed by atoms with Crippen LogP contribution in [0.15, 0.2) is 0 Å². The topological polar surface area (TPSA) is 315 Å². The molecular formula is H27N9. The summed E-state index contributed by atoms with van der Waals surface area (Å²) in [6.45, 7) is 0. The van der Waals surface area contributed by atoms with E-state index in [2.05, 4.69) is 0 Å². The summed E-state index contributed by atoms with van der Waals surface area (Å²) in [5.74, 6) is 0. The molecule has 0 rings (SSSR count). The van der Waals surface area contributed by atoms with E-state index in [4.69, 9.17) is 0 Å². The van der Waals surface area contributed by atoms with Crippen LogP contribution >= 0.6 is 0 Å². The predicted molar refractivity (Wildman–Crippen MR) is 45.2 cm³/mol. The van der Waals surface area contributed by atoms with E-state index >= 15 is 0 Å². The first kappa shape index (κ1) is 3890. The van der Waals surface area contributed by atoms with Gasteiger partial charge >= 0.3 is 0 Å². The molecule has 9 heavy (non-hydrogen) atoms. The van der Waals surface area contributed by atoms with Crippen LogP contribution in [0.1, 0.15) is 0 Å². The minimum absolute atomic E-state index is 0. The van der Waals surface area contributed by atoms with Crippen molar-refractivity contribution in [1.29, 1.82) is 0 Å². The van der Waals surface area contributed by atoms with E-state index in [1.165, 1.54) is 0 Å². The lowest BCUT2D eigenvalue weighted by Gasteiger charge is -0.345. The van der Waals surface area contributed by atoms with Crippen molar-refractivity contribution < 1.29 is 0 Å². The molecule has 0 saturated carbocycles. The Kier molecular flexibility index (Phi) is 1120000. The molecule has 0 spiro atoms. The Morgan fingerprint density at radius 3 is 0.111 bits per heavy atom. The van der Waals surface area contributed by atoms with E-state index in [1.807, 2.05) is 0 Å². The Morgan fingerprint density at radius 2 is 0.111 bits per heavy atom. The molecule has 0 amide bonds. The molecule has 0 atom stereocenters. The Bertz CT molecular complexity index is 0. The van der Waals surface area contributed by atoms with Crippen molar-refractivity contribution in [3.8, 4) is 0 Å². The Hall–Kier alpha value is -0.360. The van der Waals surface area contributed by atoms with Crippen LogP contribution in [0.25, 0.3) is 0 Å². The lowest BCUT2D eigenvalue weighted by Crippen LogP contribution is -0.482. The molecule has 9 nitrogen and oxygen atoms in total. The SMILES string of the molecule is N.N.N.N.N.N.N.N.N. The van der Waals surface area contributed by atoms with Crippen molar-refractivity contribution in [3.05, 3.63) is 0 Å². The standard InChI is InChI=1S/9H3N/h9*1H3. The molecule has 0 aliphatic heterocycles. The molecule has 9 heteroatoms. The largest absolute Gasteiger partial charge is 0.344 e. The molecule has 0 radical (unpaired) electrons. The summed E-state index contributed by atoms with van der Waals surface area (Å²) in [6.07, 6.45) is 0. The molecule has 0 aliphatic rings. The van der Waals surface area contributed by atoms with Crippen molar-refractivity contribution in [2.45, 2.75) is 0 Å². The van der Waals surface area contributed by atoms with E-state index in [0.717, 1.165) is 0 Å². The summed E-state index contributed by atoms with van der Waals surface area (Å²) in [4.78, 5) is 0. The first-order chi connectivity index (χ1) is 0. The van der Waals surface area contributed by atoms with Gasteiger partial charge in [-0.1, -0.05) is 0 Å². The van der Waals surface area contributed by atoms with E-state index < -0.39 is 0 Å². The third kappa shape index (κ3) is 1880. The van der Waals surface area contributed by atoms with Crippen LogP contribution < -0.4 is 55.4 Å². The van der Waals surface area contributed by atoms with Crippen LogP contribution in [0.5, 0.6) is 0 Å². The van der Waals surface area contributed by atoms with Crippen LogP contribution in [0.3, 0.4) is 0 Å². The molecule has 0 heterocycles. The highest BCUT2D eigenvalue weighted by molar-refractivity contribution is 2.14. The summed E-state index contributed by atoms with van der Waals surface area (Å²) in [5.41, 5.74) is 0.